The molecule has 0 spiro atoms. The zero-order chi connectivity index (χ0) is 81.8. The van der Waals surface area contributed by atoms with Gasteiger partial charge in [0.15, 0.2) is 16.1 Å². The number of hydrogen-bond acceptors (Lipinski definition) is 2. The molecule has 5 heteroatoms. The van der Waals surface area contributed by atoms with E-state index >= 15 is 0 Å². The SMILES string of the molecule is CC(C)(C)c1ccc2c(c1)N(c1c(-c3ccccc3)cccc1-c1ccccc1)c1cc(C(C)(C)C)cc3c1B2c1cc(-c2cc([Si](c4ccccc4)(c4ccccc4)c4cccc(-c5ccccc5)c4)cc([Si](c4ccccc4)(c4ccccc4)c4cccc(-c5ccccc5)c4)c2)ccc1N3c1c(-c2ccccc2)cccc1-c1ccccc1. The topological polar surface area (TPSA) is 6.48 Å². The first kappa shape index (κ1) is 75.8. The van der Waals surface area contributed by atoms with Gasteiger partial charge in [-0.1, -0.05) is 472 Å². The summed E-state index contributed by atoms with van der Waals surface area (Å²) in [5, 5.41) is 10.4. The highest BCUT2D eigenvalue weighted by Gasteiger charge is 2.49. The molecule has 2 nitrogen and oxygen atoms in total. The van der Waals surface area contributed by atoms with Crippen molar-refractivity contribution in [1.82, 2.24) is 0 Å². The molecule has 0 atom stereocenters. The van der Waals surface area contributed by atoms with Gasteiger partial charge in [0.05, 0.1) is 11.4 Å². The number of fused-ring (bicyclic) bond motifs is 4. The van der Waals surface area contributed by atoms with Crippen LogP contribution in [0.2, 0.25) is 0 Å². The van der Waals surface area contributed by atoms with Crippen molar-refractivity contribution in [3.63, 3.8) is 0 Å². The fraction of sp³-hybridized carbons (Fsp3) is 0.0690. The van der Waals surface area contributed by atoms with E-state index in [0.29, 0.717) is 0 Å². The summed E-state index contributed by atoms with van der Waals surface area (Å²) in [5.41, 5.74) is 28.8. The van der Waals surface area contributed by atoms with Gasteiger partial charge in [-0.15, -0.1) is 0 Å². The molecule has 20 rings (SSSR count). The maximum Gasteiger partial charge on any atom is 0.252 e. The number of hydrogen-bond donors (Lipinski definition) is 0. The van der Waals surface area contributed by atoms with Crippen molar-refractivity contribution >= 4 is 115 Å². The van der Waals surface area contributed by atoms with E-state index in [2.05, 4.69) is 506 Å². The van der Waals surface area contributed by atoms with Crippen LogP contribution < -0.4 is 67.7 Å². The molecule has 0 amide bonds. The van der Waals surface area contributed by atoms with Crippen molar-refractivity contribution in [2.75, 3.05) is 9.80 Å². The van der Waals surface area contributed by atoms with Crippen LogP contribution in [-0.4, -0.2) is 22.9 Å². The minimum Gasteiger partial charge on any atom is -0.310 e. The third kappa shape index (κ3) is 13.5. The summed E-state index contributed by atoms with van der Waals surface area (Å²) in [6.07, 6.45) is 0. The summed E-state index contributed by atoms with van der Waals surface area (Å²) >= 11 is 0. The molecule has 578 valence electrons. The van der Waals surface area contributed by atoms with Crippen molar-refractivity contribution in [1.29, 1.82) is 0 Å². The van der Waals surface area contributed by atoms with Crippen LogP contribution in [0.3, 0.4) is 0 Å². The van der Waals surface area contributed by atoms with Gasteiger partial charge in [0, 0.05) is 45.0 Å². The lowest BCUT2D eigenvalue weighted by molar-refractivity contribution is 0.590. The molecule has 18 aromatic carbocycles. The average Bonchev–Trinajstić information content (AvgIpc) is 0.686. The second-order valence-electron chi connectivity index (χ2n) is 34.6. The van der Waals surface area contributed by atoms with Gasteiger partial charge >= 0.3 is 0 Å². The van der Waals surface area contributed by atoms with E-state index in [1.54, 1.807) is 0 Å². The van der Waals surface area contributed by atoms with Crippen LogP contribution in [0.25, 0.3) is 77.9 Å². The largest absolute Gasteiger partial charge is 0.310 e. The van der Waals surface area contributed by atoms with E-state index in [1.165, 1.54) is 97.0 Å². The molecule has 0 fully saturated rings. The summed E-state index contributed by atoms with van der Waals surface area (Å²) in [6, 6.07) is 175. The lowest BCUT2D eigenvalue weighted by Gasteiger charge is -2.46. The predicted octanol–water partition coefficient (Wildman–Crippen LogP) is 22.8. The Morgan fingerprint density at radius 1 is 0.190 bits per heavy atom. The van der Waals surface area contributed by atoms with Gasteiger partial charge in [-0.25, -0.2) is 0 Å². The minimum atomic E-state index is -3.51. The smallest absolute Gasteiger partial charge is 0.252 e. The molecular weight excluding hydrogens is 1490 g/mol. The Hall–Kier alpha value is -13.9. The molecular formula is C116H93BN2Si2. The molecule has 0 aliphatic carbocycles. The summed E-state index contributed by atoms with van der Waals surface area (Å²) in [5.74, 6) is 0. The molecule has 0 N–H and O–H groups in total. The number of para-hydroxylation sites is 2. The van der Waals surface area contributed by atoms with E-state index in [-0.39, 0.29) is 17.5 Å². The molecule has 0 radical (unpaired) electrons. The van der Waals surface area contributed by atoms with Gasteiger partial charge in [0.2, 0.25) is 0 Å². The van der Waals surface area contributed by atoms with Gasteiger partial charge in [-0.2, -0.15) is 0 Å². The maximum atomic E-state index is 2.73. The summed E-state index contributed by atoms with van der Waals surface area (Å²) in [7, 11) is -7.02. The van der Waals surface area contributed by atoms with Crippen molar-refractivity contribution in [2.45, 2.75) is 52.4 Å². The first-order valence-corrected chi connectivity index (χ1v) is 46.6. The highest BCUT2D eigenvalue weighted by Crippen LogP contribution is 2.54. The molecule has 0 bridgehead atoms. The fourth-order valence-electron chi connectivity index (χ4n) is 19.6. The van der Waals surface area contributed by atoms with Crippen LogP contribution in [0, 0.1) is 0 Å². The van der Waals surface area contributed by atoms with Crippen molar-refractivity contribution in [3.05, 3.63) is 466 Å². The van der Waals surface area contributed by atoms with Crippen LogP contribution in [0.5, 0.6) is 0 Å². The first-order chi connectivity index (χ1) is 59.3. The van der Waals surface area contributed by atoms with Gasteiger partial charge < -0.3 is 9.80 Å². The Labute approximate surface area is 715 Å². The third-order valence-electron chi connectivity index (χ3n) is 25.4. The summed E-state index contributed by atoms with van der Waals surface area (Å²) in [6.45, 7) is 14.0. The second kappa shape index (κ2) is 31.4. The molecule has 0 aromatic heterocycles. The van der Waals surface area contributed by atoms with Gasteiger partial charge in [-0.3, -0.25) is 0 Å². The van der Waals surface area contributed by atoms with E-state index < -0.39 is 16.1 Å². The Balaban J connectivity index is 0.959. The van der Waals surface area contributed by atoms with Crippen molar-refractivity contribution < 1.29 is 0 Å². The van der Waals surface area contributed by atoms with E-state index in [1.807, 2.05) is 0 Å². The normalized spacial score (nSPS) is 12.5. The van der Waals surface area contributed by atoms with Gasteiger partial charge in [-0.05, 0) is 160 Å². The van der Waals surface area contributed by atoms with Gasteiger partial charge in [0.1, 0.15) is 0 Å². The van der Waals surface area contributed by atoms with Gasteiger partial charge in [0.25, 0.3) is 6.71 Å². The fourth-order valence-corrected chi connectivity index (χ4v) is 29.5. The van der Waals surface area contributed by atoms with Crippen LogP contribution >= 0.6 is 0 Å². The molecule has 0 saturated heterocycles. The molecule has 0 unspecified atom stereocenters. The summed E-state index contributed by atoms with van der Waals surface area (Å²) in [4.78, 5) is 5.44. The highest BCUT2D eigenvalue weighted by molar-refractivity contribution is 7.22. The molecule has 0 saturated carbocycles. The Morgan fingerprint density at radius 3 is 0.835 bits per heavy atom. The number of anilines is 6. The predicted molar refractivity (Wildman–Crippen MR) is 523 cm³/mol. The van der Waals surface area contributed by atoms with Crippen LogP contribution in [-0.2, 0) is 10.8 Å². The minimum absolute atomic E-state index is 0.214. The van der Waals surface area contributed by atoms with Crippen LogP contribution in [0.1, 0.15) is 52.7 Å². The number of rotatable bonds is 17. The molecule has 2 heterocycles. The first-order valence-electron chi connectivity index (χ1n) is 42.6. The zero-order valence-corrected chi connectivity index (χ0v) is 71.3. The molecule has 18 aromatic rings. The van der Waals surface area contributed by atoms with Crippen molar-refractivity contribution in [3.8, 4) is 77.9 Å². The Morgan fingerprint density at radius 2 is 0.479 bits per heavy atom. The van der Waals surface area contributed by atoms with Crippen LogP contribution in [0.15, 0.2) is 455 Å². The van der Waals surface area contributed by atoms with E-state index in [0.717, 1.165) is 84.1 Å². The Kier molecular flexibility index (Phi) is 19.7. The van der Waals surface area contributed by atoms with E-state index in [4.69, 9.17) is 0 Å². The third-order valence-corrected chi connectivity index (χ3v) is 34.9. The number of benzene rings is 18. The van der Waals surface area contributed by atoms with E-state index in [9.17, 15) is 0 Å². The lowest BCUT2D eigenvalue weighted by atomic mass is 9.33. The molecule has 2 aliphatic rings. The van der Waals surface area contributed by atoms with Crippen LogP contribution in [0.4, 0.5) is 34.1 Å². The average molecular weight is 1580 g/mol. The summed E-state index contributed by atoms with van der Waals surface area (Å²) < 4.78 is 0. The Bertz CT molecular complexity index is 6430. The second-order valence-corrected chi connectivity index (χ2v) is 42.2. The van der Waals surface area contributed by atoms with Crippen molar-refractivity contribution in [2.24, 2.45) is 0 Å². The quantitative estimate of drug-likeness (QED) is 0.0662. The number of nitrogens with zero attached hydrogens (tertiary/aromatic N) is 2. The zero-order valence-electron chi connectivity index (χ0n) is 69.3. The standard InChI is InChI=1S/C116H93BN2Si2/c1-115(2,3)92-70-71-106-109(78-92)119(114-104(86-49-25-11-26-50-86)67-40-68-105(114)87-51-27-12-28-52-87)111-80-93(116(4,5)6)79-110-112(111)117(106)107-77-90(69-72-108(107)118(110)113-102(84-45-21-9-22-46-84)65-39-66-103(113)85-47-23-10-24-48-85)91-75-100(120(94-55-29-13-30-56-94,95-57-31-14-32-58-95)98-63-37-53-88(73-98)82-41-17-7-18-42-82)81-101(76-91)121(96-59-33-15-34-60-96,97-61-35-16-36-62-97)99-64-38-54-89(74-99)83-43-19-8-20-44-83/h7-81H,1-6H3. The molecule has 121 heavy (non-hydrogen) atoms. The highest BCUT2D eigenvalue weighted by atomic mass is 28.3. The maximum absolute atomic E-state index is 3.51. The molecule has 2 aliphatic heterocycles. The lowest BCUT2D eigenvalue weighted by Crippen LogP contribution is -2.78. The monoisotopic (exact) mass is 1580 g/mol.